The molecule has 0 saturated heterocycles. The van der Waals surface area contributed by atoms with E-state index in [2.05, 4.69) is 9.47 Å². The van der Waals surface area contributed by atoms with Crippen LogP contribution in [-0.2, 0) is 4.74 Å². The molecule has 0 radical (unpaired) electrons. The molecular formula is C18H13F17O2. The van der Waals surface area contributed by atoms with Gasteiger partial charge < -0.3 is 9.47 Å². The Morgan fingerprint density at radius 1 is 0.541 bits per heavy atom. The van der Waals surface area contributed by atoms with Crippen LogP contribution < -0.4 is 4.74 Å². The van der Waals surface area contributed by atoms with Crippen LogP contribution in [-0.4, -0.2) is 61.9 Å². The smallest absolute Gasteiger partial charge is 0.460 e. The molecule has 0 heterocycles. The molecule has 1 atom stereocenters. The fourth-order valence-corrected chi connectivity index (χ4v) is 2.71. The lowest BCUT2D eigenvalue weighted by Gasteiger charge is -2.43. The van der Waals surface area contributed by atoms with Crippen LogP contribution in [0.25, 0.3) is 0 Å². The van der Waals surface area contributed by atoms with E-state index in [1.165, 1.54) is 0 Å². The molecule has 0 bridgehead atoms. The van der Waals surface area contributed by atoms with Gasteiger partial charge in [-0.05, 0) is 17.7 Å². The fraction of sp³-hybridized carbons (Fsp3) is 0.667. The first-order chi connectivity index (χ1) is 16.2. The van der Waals surface area contributed by atoms with E-state index in [0.717, 1.165) is 31.4 Å². The SMILES string of the molecule is COc1ccc(C(CC(F)(F)C(F)(F)C(F)(F)C(F)(F)C(F)(F)C(F)(F)C(F)(F)C(F)(F)F)OC)cc1. The minimum absolute atomic E-state index is 0.0284. The number of hydrogen-bond acceptors (Lipinski definition) is 2. The van der Waals surface area contributed by atoms with Crippen molar-refractivity contribution in [2.24, 2.45) is 0 Å². The molecule has 0 spiro atoms. The van der Waals surface area contributed by atoms with Gasteiger partial charge in [0.1, 0.15) is 5.75 Å². The van der Waals surface area contributed by atoms with Crippen molar-refractivity contribution in [2.75, 3.05) is 14.2 Å². The lowest BCUT2D eigenvalue weighted by Crippen LogP contribution is -2.74. The third-order valence-electron chi connectivity index (χ3n) is 5.00. The summed E-state index contributed by atoms with van der Waals surface area (Å²) in [5.74, 6) is -56.6. The fourth-order valence-electron chi connectivity index (χ4n) is 2.71. The highest BCUT2D eigenvalue weighted by Crippen LogP contribution is 2.64. The summed E-state index contributed by atoms with van der Waals surface area (Å²) in [5, 5.41) is 0. The summed E-state index contributed by atoms with van der Waals surface area (Å²) < 4.78 is 236. The molecule has 0 aliphatic carbocycles. The van der Waals surface area contributed by atoms with Crippen LogP contribution in [0.5, 0.6) is 5.75 Å². The second-order valence-electron chi connectivity index (χ2n) is 7.35. The molecule has 0 aliphatic rings. The Labute approximate surface area is 195 Å². The number of halogens is 17. The Morgan fingerprint density at radius 2 is 0.892 bits per heavy atom. The van der Waals surface area contributed by atoms with Crippen molar-refractivity contribution in [2.45, 2.75) is 60.2 Å². The lowest BCUT2D eigenvalue weighted by atomic mass is 9.87. The predicted octanol–water partition coefficient (Wildman–Crippen LogP) is 7.78. The Balaban J connectivity index is 3.55. The molecule has 0 N–H and O–H groups in total. The molecule has 216 valence electrons. The molecule has 1 rings (SSSR count). The zero-order valence-corrected chi connectivity index (χ0v) is 17.8. The number of rotatable bonds is 11. The van der Waals surface area contributed by atoms with E-state index in [0.29, 0.717) is 7.11 Å². The van der Waals surface area contributed by atoms with Crippen LogP contribution in [0.4, 0.5) is 74.6 Å². The maximum atomic E-state index is 14.2. The number of alkyl halides is 17. The average Bonchev–Trinajstić information content (AvgIpc) is 2.75. The summed E-state index contributed by atoms with van der Waals surface area (Å²) in [6.45, 7) is 0. The van der Waals surface area contributed by atoms with E-state index >= 15 is 0 Å². The van der Waals surface area contributed by atoms with Crippen molar-refractivity contribution >= 4 is 0 Å². The Kier molecular flexibility index (Phi) is 8.44. The lowest BCUT2D eigenvalue weighted by molar-refractivity contribution is -0.462. The van der Waals surface area contributed by atoms with Crippen LogP contribution in [0.1, 0.15) is 18.1 Å². The third-order valence-corrected chi connectivity index (χ3v) is 5.00. The maximum absolute atomic E-state index is 14.2. The van der Waals surface area contributed by atoms with Crippen LogP contribution >= 0.6 is 0 Å². The molecule has 0 saturated carbocycles. The van der Waals surface area contributed by atoms with Gasteiger partial charge >= 0.3 is 47.6 Å². The highest BCUT2D eigenvalue weighted by atomic mass is 19.4. The Morgan fingerprint density at radius 3 is 1.22 bits per heavy atom. The van der Waals surface area contributed by atoms with E-state index in [9.17, 15) is 74.6 Å². The van der Waals surface area contributed by atoms with Gasteiger partial charge in [-0.25, -0.2) is 0 Å². The summed E-state index contributed by atoms with van der Waals surface area (Å²) in [6.07, 6.45) is -12.9. The van der Waals surface area contributed by atoms with Crippen molar-refractivity contribution in [1.29, 1.82) is 0 Å². The summed E-state index contributed by atoms with van der Waals surface area (Å²) in [6, 6.07) is 3.62. The maximum Gasteiger partial charge on any atom is 0.460 e. The van der Waals surface area contributed by atoms with Gasteiger partial charge in [-0.15, -0.1) is 0 Å². The molecule has 0 aliphatic heterocycles. The van der Waals surface area contributed by atoms with Crippen molar-refractivity contribution in [3.8, 4) is 5.75 Å². The highest BCUT2D eigenvalue weighted by molar-refractivity contribution is 5.29. The summed E-state index contributed by atoms with van der Waals surface area (Å²) in [5.41, 5.74) is -0.532. The topological polar surface area (TPSA) is 18.5 Å². The van der Waals surface area contributed by atoms with E-state index in [4.69, 9.17) is 0 Å². The number of methoxy groups -OCH3 is 2. The summed E-state index contributed by atoms with van der Waals surface area (Å²) in [4.78, 5) is 0. The molecule has 1 aromatic carbocycles. The van der Waals surface area contributed by atoms with Crippen molar-refractivity contribution in [3.63, 3.8) is 0 Å². The molecule has 1 aromatic rings. The van der Waals surface area contributed by atoms with Crippen LogP contribution in [0.15, 0.2) is 24.3 Å². The quantitative estimate of drug-likeness (QED) is 0.248. The van der Waals surface area contributed by atoms with Crippen molar-refractivity contribution < 1.29 is 84.1 Å². The predicted molar refractivity (Wildman–Crippen MR) is 88.0 cm³/mol. The standard InChI is InChI=1S/C18H13F17O2/c1-36-9-5-3-8(4-6-9)10(37-2)7-11(19,20)12(21,22)13(23,24)14(25,26)15(27,28)16(29,30)17(31,32)18(33,34)35/h3-6,10H,7H2,1-2H3. The zero-order valence-electron chi connectivity index (χ0n) is 17.8. The third kappa shape index (κ3) is 4.86. The van der Waals surface area contributed by atoms with Gasteiger partial charge in [0.15, 0.2) is 0 Å². The van der Waals surface area contributed by atoms with Gasteiger partial charge in [-0.1, -0.05) is 12.1 Å². The minimum Gasteiger partial charge on any atom is -0.497 e. The normalized spacial score (nSPS) is 16.1. The number of ether oxygens (including phenoxy) is 2. The first kappa shape index (κ1) is 32.8. The minimum atomic E-state index is -8.65. The van der Waals surface area contributed by atoms with E-state index < -0.39 is 65.7 Å². The number of hydrogen-bond donors (Lipinski definition) is 0. The van der Waals surface area contributed by atoms with E-state index in [1.54, 1.807) is 0 Å². The molecule has 37 heavy (non-hydrogen) atoms. The monoisotopic (exact) mass is 584 g/mol. The van der Waals surface area contributed by atoms with Gasteiger partial charge in [0.25, 0.3) is 0 Å². The van der Waals surface area contributed by atoms with Crippen LogP contribution in [0.3, 0.4) is 0 Å². The second kappa shape index (κ2) is 9.52. The highest BCUT2D eigenvalue weighted by Gasteiger charge is 2.95. The molecule has 19 heteroatoms. The van der Waals surface area contributed by atoms with Crippen molar-refractivity contribution in [3.05, 3.63) is 29.8 Å². The molecular weight excluding hydrogens is 571 g/mol. The van der Waals surface area contributed by atoms with Gasteiger partial charge in [-0.3, -0.25) is 0 Å². The largest absolute Gasteiger partial charge is 0.497 e. The summed E-state index contributed by atoms with van der Waals surface area (Å²) >= 11 is 0. The van der Waals surface area contributed by atoms with Crippen LogP contribution in [0.2, 0.25) is 0 Å². The molecule has 0 fully saturated rings. The van der Waals surface area contributed by atoms with Gasteiger partial charge in [0.2, 0.25) is 0 Å². The molecule has 1 unspecified atom stereocenters. The first-order valence-corrected chi connectivity index (χ1v) is 9.09. The van der Waals surface area contributed by atoms with Gasteiger partial charge in [0.05, 0.1) is 13.2 Å². The van der Waals surface area contributed by atoms with E-state index in [1.807, 2.05) is 0 Å². The molecule has 2 nitrogen and oxygen atoms in total. The van der Waals surface area contributed by atoms with Gasteiger partial charge in [-0.2, -0.15) is 74.6 Å². The average molecular weight is 584 g/mol. The summed E-state index contributed by atoms with van der Waals surface area (Å²) in [7, 11) is 1.63. The first-order valence-electron chi connectivity index (χ1n) is 9.09. The Bertz CT molecular complexity index is 921. The van der Waals surface area contributed by atoms with Crippen molar-refractivity contribution in [1.82, 2.24) is 0 Å². The van der Waals surface area contributed by atoms with Gasteiger partial charge in [0, 0.05) is 13.5 Å². The second-order valence-corrected chi connectivity index (χ2v) is 7.35. The number of benzene rings is 1. The molecule has 0 aromatic heterocycles. The van der Waals surface area contributed by atoms with E-state index in [-0.39, 0.29) is 5.75 Å². The zero-order chi connectivity index (χ0) is 29.7. The molecule has 0 amide bonds. The van der Waals surface area contributed by atoms with Crippen LogP contribution in [0, 0.1) is 0 Å². The Hall–Kier alpha value is -2.21.